The highest BCUT2D eigenvalue weighted by Gasteiger charge is 2.45. The number of benzene rings is 13. The summed E-state index contributed by atoms with van der Waals surface area (Å²) in [6, 6.07) is 104. The van der Waals surface area contributed by atoms with Crippen LogP contribution in [0.15, 0.2) is 300 Å². The van der Waals surface area contributed by atoms with E-state index in [9.17, 15) is 0 Å². The highest BCUT2D eigenvalue weighted by atomic mass is 16.3. The van der Waals surface area contributed by atoms with E-state index in [0.717, 1.165) is 161 Å². The Bertz CT molecular complexity index is 4790. The van der Waals surface area contributed by atoms with Crippen LogP contribution < -0.4 is 26.2 Å². The molecular weight excluding hydrogens is 1030 g/mol. The molecule has 0 amide bonds. The second-order valence-corrected chi connectivity index (χ2v) is 22.1. The molecule has 0 spiro atoms. The molecule has 15 aromatic rings. The van der Waals surface area contributed by atoms with E-state index in [1.807, 2.05) is 12.1 Å². The van der Waals surface area contributed by atoms with Gasteiger partial charge in [-0.3, -0.25) is 0 Å². The van der Waals surface area contributed by atoms with E-state index in [4.69, 9.17) is 15.4 Å². The minimum absolute atomic E-state index is 0.347. The first-order chi connectivity index (χ1) is 42.1. The largest absolute Gasteiger partial charge is 0.455 e. The van der Waals surface area contributed by atoms with Crippen LogP contribution in [-0.4, -0.2) is 6.71 Å². The van der Waals surface area contributed by atoms with Gasteiger partial charge < -0.3 is 18.6 Å². The van der Waals surface area contributed by atoms with Gasteiger partial charge in [-0.05, 0) is 86.2 Å². The number of hydrogen-bond acceptors (Lipinski definition) is 4. The lowest BCUT2D eigenvalue weighted by molar-refractivity contribution is 0.669. The molecule has 0 saturated heterocycles. The first kappa shape index (κ1) is 48.3. The lowest BCUT2D eigenvalue weighted by Crippen LogP contribution is -2.61. The van der Waals surface area contributed by atoms with Gasteiger partial charge in [0, 0.05) is 77.7 Å². The van der Waals surface area contributed by atoms with E-state index in [1.54, 1.807) is 0 Å². The Labute approximate surface area is 492 Å². The van der Waals surface area contributed by atoms with Gasteiger partial charge in [-0.25, -0.2) is 4.85 Å². The monoisotopic (exact) mass is 1080 g/mol. The predicted molar refractivity (Wildman–Crippen MR) is 354 cm³/mol. The summed E-state index contributed by atoms with van der Waals surface area (Å²) in [4.78, 5) is 9.37. The van der Waals surface area contributed by atoms with Crippen molar-refractivity contribution in [2.45, 2.75) is 0 Å². The van der Waals surface area contributed by atoms with Gasteiger partial charge in [0.15, 0.2) is 5.69 Å². The van der Waals surface area contributed by atoms with Gasteiger partial charge in [0.2, 0.25) is 0 Å². The molecule has 0 unspecified atom stereocenters. The van der Waals surface area contributed by atoms with Crippen LogP contribution in [0.5, 0.6) is 0 Å². The molecule has 2 aliphatic heterocycles. The van der Waals surface area contributed by atoms with E-state index in [-0.39, 0.29) is 6.71 Å². The zero-order valence-corrected chi connectivity index (χ0v) is 45.9. The Kier molecular flexibility index (Phi) is 11.0. The van der Waals surface area contributed by atoms with E-state index in [0.29, 0.717) is 5.69 Å². The molecule has 0 aliphatic carbocycles. The van der Waals surface area contributed by atoms with Crippen molar-refractivity contribution in [1.29, 1.82) is 0 Å². The molecule has 0 atom stereocenters. The van der Waals surface area contributed by atoms with Crippen molar-refractivity contribution < 1.29 is 8.83 Å². The quantitative estimate of drug-likeness (QED) is 0.112. The lowest BCUT2D eigenvalue weighted by Gasteiger charge is -2.46. The van der Waals surface area contributed by atoms with Gasteiger partial charge in [-0.1, -0.05) is 255 Å². The van der Waals surface area contributed by atoms with Crippen LogP contribution in [0.4, 0.5) is 39.8 Å². The maximum absolute atomic E-state index is 9.07. The number of rotatable bonds is 8. The number of anilines is 6. The van der Waals surface area contributed by atoms with Crippen LogP contribution in [-0.2, 0) is 0 Å². The fourth-order valence-electron chi connectivity index (χ4n) is 13.8. The first-order valence-electron chi connectivity index (χ1n) is 28.9. The summed E-state index contributed by atoms with van der Waals surface area (Å²) in [6.45, 7) is 8.72. The van der Waals surface area contributed by atoms with E-state index >= 15 is 0 Å². The maximum atomic E-state index is 9.07. The molecule has 13 aromatic carbocycles. The van der Waals surface area contributed by atoms with Crippen molar-refractivity contribution in [3.8, 4) is 66.8 Å². The summed E-state index contributed by atoms with van der Waals surface area (Å²) < 4.78 is 13.7. The van der Waals surface area contributed by atoms with Crippen LogP contribution >= 0.6 is 0 Å². The molecule has 6 heteroatoms. The van der Waals surface area contributed by atoms with Crippen LogP contribution in [0.1, 0.15) is 0 Å². The van der Waals surface area contributed by atoms with Crippen molar-refractivity contribution in [2.75, 3.05) is 9.80 Å². The van der Waals surface area contributed by atoms with E-state index in [1.165, 1.54) is 0 Å². The smallest absolute Gasteiger partial charge is 0.252 e. The minimum atomic E-state index is -0.347. The third-order valence-corrected chi connectivity index (χ3v) is 17.5. The summed E-state index contributed by atoms with van der Waals surface area (Å²) in [5.41, 5.74) is 26.0. The molecule has 5 nitrogen and oxygen atoms in total. The van der Waals surface area contributed by atoms with Crippen LogP contribution in [0.25, 0.3) is 115 Å². The number of nitrogens with zero attached hydrogens (tertiary/aromatic N) is 3. The van der Waals surface area contributed by atoms with E-state index in [2.05, 4.69) is 294 Å². The number of para-hydroxylation sites is 6. The molecule has 17 rings (SSSR count). The third-order valence-electron chi connectivity index (χ3n) is 17.5. The van der Waals surface area contributed by atoms with Gasteiger partial charge in [-0.15, -0.1) is 0 Å². The SMILES string of the molecule is [C-]#[N+]c1cc2c3c(c1)N(c1c(-c4ccccc4)cccc1-c1ccccc1)c1ccc(-c4cccc5c4oc4ccccc45)cc1B3c1cc(-c3cccc4c3oc3ccccc34)ccc1N2c1c(-c2ccccc2)cccc1-c1ccccc1. The minimum Gasteiger partial charge on any atom is -0.455 e. The van der Waals surface area contributed by atoms with Gasteiger partial charge in [-0.2, -0.15) is 0 Å². The molecule has 85 heavy (non-hydrogen) atoms. The molecule has 394 valence electrons. The summed E-state index contributed by atoms with van der Waals surface area (Å²) in [7, 11) is 0. The number of fused-ring (bicyclic) bond motifs is 10. The zero-order valence-electron chi connectivity index (χ0n) is 45.9. The topological polar surface area (TPSA) is 37.1 Å². The predicted octanol–water partition coefficient (Wildman–Crippen LogP) is 20.1. The van der Waals surface area contributed by atoms with Crippen LogP contribution in [0.2, 0.25) is 0 Å². The second-order valence-electron chi connectivity index (χ2n) is 22.1. The average Bonchev–Trinajstić information content (AvgIpc) is 1.40. The van der Waals surface area contributed by atoms with Crippen molar-refractivity contribution in [2.24, 2.45) is 0 Å². The zero-order chi connectivity index (χ0) is 56.1. The molecule has 0 N–H and O–H groups in total. The van der Waals surface area contributed by atoms with Gasteiger partial charge in [0.25, 0.3) is 6.71 Å². The molecule has 0 bridgehead atoms. The summed E-state index contributed by atoms with van der Waals surface area (Å²) in [5, 5.41) is 4.32. The van der Waals surface area contributed by atoms with Gasteiger partial charge in [0.05, 0.1) is 17.9 Å². The summed E-state index contributed by atoms with van der Waals surface area (Å²) >= 11 is 0. The number of hydrogen-bond donors (Lipinski definition) is 0. The molecular formula is C79H48BN3O2. The Morgan fingerprint density at radius 1 is 0.294 bits per heavy atom. The Morgan fingerprint density at radius 3 is 1.02 bits per heavy atom. The third kappa shape index (κ3) is 7.58. The van der Waals surface area contributed by atoms with Crippen LogP contribution in [0.3, 0.4) is 0 Å². The standard InChI is InChI=1S/C79H48BN3O2/c1-81-56-48-71-75-72(49-56)83(77-59(52-26-10-4-11-27-52)34-19-35-60(77)53-28-12-5-13-29-53)70-45-43-55(62-37-21-39-66-64-31-15-17-41-74(64)85-79(62)66)47-68(70)80(75)67-46-54(61-36-20-38-65-63-30-14-16-40-73(63)84-78(61)65)42-44-69(67)82(71)76-57(50-22-6-2-7-23-50)32-18-33-58(76)51-24-8-3-9-25-51/h2-49H. The molecule has 0 saturated carbocycles. The lowest BCUT2D eigenvalue weighted by atomic mass is 9.33. The average molecular weight is 1080 g/mol. The first-order valence-corrected chi connectivity index (χ1v) is 28.9. The Hall–Kier alpha value is -11.4. The van der Waals surface area contributed by atoms with Gasteiger partial charge >= 0.3 is 0 Å². The summed E-state index contributed by atoms with van der Waals surface area (Å²) in [5.74, 6) is 0. The highest BCUT2D eigenvalue weighted by Crippen LogP contribution is 2.54. The number of furan rings is 2. The van der Waals surface area contributed by atoms with E-state index < -0.39 is 0 Å². The normalized spacial score (nSPS) is 12.4. The molecule has 2 aromatic heterocycles. The van der Waals surface area contributed by atoms with Crippen molar-refractivity contribution in [3.63, 3.8) is 0 Å². The molecule has 4 heterocycles. The molecule has 0 fully saturated rings. The Morgan fingerprint density at radius 2 is 0.635 bits per heavy atom. The Balaban J connectivity index is 1.03. The second kappa shape index (κ2) is 19.4. The van der Waals surface area contributed by atoms with Crippen molar-refractivity contribution in [1.82, 2.24) is 0 Å². The maximum Gasteiger partial charge on any atom is 0.252 e. The fraction of sp³-hybridized carbons (Fsp3) is 0. The van der Waals surface area contributed by atoms with Crippen molar-refractivity contribution in [3.05, 3.63) is 303 Å². The highest BCUT2D eigenvalue weighted by molar-refractivity contribution is 7.00. The fourth-order valence-corrected chi connectivity index (χ4v) is 13.8. The van der Waals surface area contributed by atoms with Crippen molar-refractivity contribution >= 4 is 107 Å². The molecule has 0 radical (unpaired) electrons. The van der Waals surface area contributed by atoms with Gasteiger partial charge in [0.1, 0.15) is 22.3 Å². The van der Waals surface area contributed by atoms with Crippen LogP contribution in [0, 0.1) is 6.57 Å². The molecule has 2 aliphatic rings. The summed E-state index contributed by atoms with van der Waals surface area (Å²) in [6.07, 6.45) is 0.